The fourth-order valence-electron chi connectivity index (χ4n) is 5.04. The molecule has 1 atom stereocenters. The summed E-state index contributed by atoms with van der Waals surface area (Å²) in [6.07, 6.45) is 2.16. The van der Waals surface area contributed by atoms with E-state index in [1.807, 2.05) is 28.0 Å². The minimum Gasteiger partial charge on any atom is -0.384 e. The molecule has 0 spiro atoms. The van der Waals surface area contributed by atoms with Crippen LogP contribution in [0.4, 0.5) is 11.5 Å². The highest BCUT2D eigenvalue weighted by Gasteiger charge is 2.33. The molecule has 2 aromatic rings. The van der Waals surface area contributed by atoms with Gasteiger partial charge in [0, 0.05) is 75.1 Å². The van der Waals surface area contributed by atoms with Gasteiger partial charge >= 0.3 is 0 Å². The number of hydrogen-bond donors (Lipinski definition) is 2. The molecule has 8 heteroatoms. The van der Waals surface area contributed by atoms with E-state index in [9.17, 15) is 9.59 Å². The van der Waals surface area contributed by atoms with Crippen molar-refractivity contribution in [3.8, 4) is 11.3 Å². The minimum atomic E-state index is 0.116. The topological polar surface area (TPSA) is 94.8 Å². The van der Waals surface area contributed by atoms with Crippen LogP contribution in [0.3, 0.4) is 0 Å². The van der Waals surface area contributed by atoms with Crippen LogP contribution in [0.2, 0.25) is 0 Å². The molecule has 3 aliphatic rings. The van der Waals surface area contributed by atoms with Gasteiger partial charge in [0.2, 0.25) is 5.91 Å². The third-order valence-corrected chi connectivity index (χ3v) is 6.86. The quantitative estimate of drug-likeness (QED) is 0.764. The average Bonchev–Trinajstić information content (AvgIpc) is 3.15. The molecule has 3 N–H and O–H groups in total. The molecular weight excluding hydrogens is 404 g/mol. The number of pyridine rings is 1. The minimum absolute atomic E-state index is 0.116. The van der Waals surface area contributed by atoms with E-state index < -0.39 is 0 Å². The molecule has 1 aromatic heterocycles. The van der Waals surface area contributed by atoms with Crippen molar-refractivity contribution in [2.45, 2.75) is 32.4 Å². The van der Waals surface area contributed by atoms with Gasteiger partial charge in [-0.05, 0) is 43.1 Å². The Morgan fingerprint density at radius 2 is 1.97 bits per heavy atom. The Balaban J connectivity index is 1.37. The molecule has 1 unspecified atom stereocenters. The van der Waals surface area contributed by atoms with E-state index >= 15 is 0 Å². The third kappa shape index (κ3) is 3.90. The van der Waals surface area contributed by atoms with Gasteiger partial charge in [0.25, 0.3) is 5.91 Å². The molecule has 5 rings (SSSR count). The molecular formula is C24H30N6O2. The lowest BCUT2D eigenvalue weighted by Gasteiger charge is -2.35. The van der Waals surface area contributed by atoms with Crippen LogP contribution < -0.4 is 16.0 Å². The fraction of sp³-hybridized carbons (Fsp3) is 0.458. The van der Waals surface area contributed by atoms with Crippen molar-refractivity contribution in [1.82, 2.24) is 20.1 Å². The van der Waals surface area contributed by atoms with E-state index in [1.54, 1.807) is 6.92 Å². The molecule has 1 aromatic carbocycles. The molecule has 3 aliphatic heterocycles. The van der Waals surface area contributed by atoms with Gasteiger partial charge in [-0.3, -0.25) is 9.59 Å². The maximum atomic E-state index is 13.0. The summed E-state index contributed by atoms with van der Waals surface area (Å²) in [6, 6.07) is 10.2. The second-order valence-electron chi connectivity index (χ2n) is 8.93. The molecule has 2 fully saturated rings. The normalized spacial score (nSPS) is 21.1. The van der Waals surface area contributed by atoms with Gasteiger partial charge in [0.05, 0.1) is 5.69 Å². The number of anilines is 2. The number of nitrogens with two attached hydrogens (primary N) is 1. The first kappa shape index (κ1) is 20.8. The lowest BCUT2D eigenvalue weighted by Crippen LogP contribution is -2.48. The van der Waals surface area contributed by atoms with Crippen molar-refractivity contribution >= 4 is 23.3 Å². The number of amides is 2. The van der Waals surface area contributed by atoms with Crippen LogP contribution in [0.5, 0.6) is 0 Å². The molecule has 0 bridgehead atoms. The van der Waals surface area contributed by atoms with Crippen LogP contribution >= 0.6 is 0 Å². The van der Waals surface area contributed by atoms with Gasteiger partial charge in [-0.2, -0.15) is 0 Å². The number of piperidine rings is 1. The fourth-order valence-corrected chi connectivity index (χ4v) is 5.04. The van der Waals surface area contributed by atoms with Crippen molar-refractivity contribution in [1.29, 1.82) is 0 Å². The Hall–Kier alpha value is -3.13. The largest absolute Gasteiger partial charge is 0.384 e. The number of fused-ring (bicyclic) bond motifs is 1. The zero-order valence-electron chi connectivity index (χ0n) is 18.5. The summed E-state index contributed by atoms with van der Waals surface area (Å²) in [5.74, 6) is 0.716. The van der Waals surface area contributed by atoms with Crippen LogP contribution in [0.15, 0.2) is 30.3 Å². The summed E-state index contributed by atoms with van der Waals surface area (Å²) in [7, 11) is 0. The number of aromatic nitrogens is 1. The van der Waals surface area contributed by atoms with Crippen molar-refractivity contribution in [3.63, 3.8) is 0 Å². The van der Waals surface area contributed by atoms with Gasteiger partial charge in [-0.1, -0.05) is 6.07 Å². The first-order valence-corrected chi connectivity index (χ1v) is 11.4. The van der Waals surface area contributed by atoms with Crippen molar-refractivity contribution in [3.05, 3.63) is 41.5 Å². The summed E-state index contributed by atoms with van der Waals surface area (Å²) in [5, 5.41) is 3.40. The molecule has 0 aliphatic carbocycles. The summed E-state index contributed by atoms with van der Waals surface area (Å²) < 4.78 is 0. The second-order valence-corrected chi connectivity index (χ2v) is 8.93. The summed E-state index contributed by atoms with van der Waals surface area (Å²) in [5.41, 5.74) is 10.8. The van der Waals surface area contributed by atoms with E-state index in [0.717, 1.165) is 67.1 Å². The lowest BCUT2D eigenvalue weighted by molar-refractivity contribution is -0.129. The van der Waals surface area contributed by atoms with Crippen LogP contribution in [0.1, 0.15) is 35.7 Å². The zero-order valence-corrected chi connectivity index (χ0v) is 18.5. The number of piperazine rings is 1. The molecule has 2 amide bonds. The number of nitrogens with zero attached hydrogens (tertiary/aromatic N) is 4. The van der Waals surface area contributed by atoms with Crippen molar-refractivity contribution in [2.24, 2.45) is 0 Å². The van der Waals surface area contributed by atoms with Crippen LogP contribution in [0.25, 0.3) is 11.3 Å². The van der Waals surface area contributed by atoms with Crippen LogP contribution in [0, 0.1) is 0 Å². The maximum Gasteiger partial charge on any atom is 0.254 e. The van der Waals surface area contributed by atoms with E-state index in [1.165, 1.54) is 0 Å². The monoisotopic (exact) mass is 434 g/mol. The number of hydrogen-bond acceptors (Lipinski definition) is 6. The highest BCUT2D eigenvalue weighted by Crippen LogP contribution is 2.32. The number of nitrogen functional groups attached to an aromatic ring is 1. The third-order valence-electron chi connectivity index (χ3n) is 6.86. The van der Waals surface area contributed by atoms with E-state index in [0.29, 0.717) is 25.5 Å². The van der Waals surface area contributed by atoms with E-state index in [2.05, 4.69) is 27.3 Å². The van der Waals surface area contributed by atoms with Gasteiger partial charge in [0.1, 0.15) is 5.82 Å². The molecule has 4 heterocycles. The number of carbonyl (C=O) groups excluding carboxylic acids is 2. The molecule has 0 radical (unpaired) electrons. The van der Waals surface area contributed by atoms with Crippen molar-refractivity contribution in [2.75, 3.05) is 49.9 Å². The summed E-state index contributed by atoms with van der Waals surface area (Å²) in [6.45, 7) is 7.11. The second kappa shape index (κ2) is 8.43. The Morgan fingerprint density at radius 3 is 2.69 bits per heavy atom. The van der Waals surface area contributed by atoms with Gasteiger partial charge < -0.3 is 25.8 Å². The van der Waals surface area contributed by atoms with Crippen LogP contribution in [-0.4, -0.2) is 71.9 Å². The summed E-state index contributed by atoms with van der Waals surface area (Å²) in [4.78, 5) is 35.3. The highest BCUT2D eigenvalue weighted by molar-refractivity contribution is 5.99. The van der Waals surface area contributed by atoms with Gasteiger partial charge in [-0.15, -0.1) is 0 Å². The standard InChI is InChI=1S/C24H30N6O2/c1-16(31)28-7-9-29(10-8-28)20-12-22(27-23(25)13-20)17-4-5-21-18(11-17)15-30(24(21)32)19-3-2-6-26-14-19/h4-5,11-13,19,26H,2-3,6-10,14-15H2,1H3,(H2,25,27). The number of rotatable bonds is 3. The molecule has 2 saturated heterocycles. The first-order chi connectivity index (χ1) is 15.5. The number of carbonyl (C=O) groups is 2. The Kier molecular flexibility index (Phi) is 5.46. The Morgan fingerprint density at radius 1 is 1.16 bits per heavy atom. The van der Waals surface area contributed by atoms with Crippen LogP contribution in [-0.2, 0) is 11.3 Å². The van der Waals surface area contributed by atoms with Gasteiger partial charge in [-0.25, -0.2) is 4.98 Å². The molecule has 168 valence electrons. The lowest BCUT2D eigenvalue weighted by atomic mass is 10.0. The molecule has 32 heavy (non-hydrogen) atoms. The van der Waals surface area contributed by atoms with E-state index in [4.69, 9.17) is 5.73 Å². The first-order valence-electron chi connectivity index (χ1n) is 11.4. The Bertz CT molecular complexity index is 1040. The molecule has 0 saturated carbocycles. The van der Waals surface area contributed by atoms with Gasteiger partial charge in [0.15, 0.2) is 0 Å². The average molecular weight is 435 g/mol. The summed E-state index contributed by atoms with van der Waals surface area (Å²) >= 11 is 0. The number of benzene rings is 1. The van der Waals surface area contributed by atoms with E-state index in [-0.39, 0.29) is 17.9 Å². The SMILES string of the molecule is CC(=O)N1CCN(c2cc(N)nc(-c3ccc4c(c3)CN(C3CCCNC3)C4=O)c2)CC1. The predicted octanol–water partition coefficient (Wildman–Crippen LogP) is 1.71. The maximum absolute atomic E-state index is 13.0. The smallest absolute Gasteiger partial charge is 0.254 e. The highest BCUT2D eigenvalue weighted by atomic mass is 16.2. The predicted molar refractivity (Wildman–Crippen MR) is 124 cm³/mol. The molecule has 8 nitrogen and oxygen atoms in total. The van der Waals surface area contributed by atoms with Crippen molar-refractivity contribution < 1.29 is 9.59 Å². The number of nitrogens with one attached hydrogen (secondary N) is 1. The Labute approximate surface area is 188 Å². The zero-order chi connectivity index (χ0) is 22.2.